The molecule has 0 spiro atoms. The van der Waals surface area contributed by atoms with Crippen LogP contribution in [0.2, 0.25) is 0 Å². The monoisotopic (exact) mass is 330 g/mol. The molecule has 5 nitrogen and oxygen atoms in total. The lowest BCUT2D eigenvalue weighted by atomic mass is 9.97. The number of hydrogen-bond acceptors (Lipinski definition) is 4. The van der Waals surface area contributed by atoms with E-state index < -0.39 is 5.60 Å². The number of unbranched alkanes of at least 4 members (excludes halogenated alkanes) is 1. The highest BCUT2D eigenvalue weighted by Gasteiger charge is 2.32. The van der Waals surface area contributed by atoms with Crippen LogP contribution in [0.25, 0.3) is 10.9 Å². The van der Waals surface area contributed by atoms with E-state index in [1.807, 2.05) is 38.1 Å². The van der Waals surface area contributed by atoms with Gasteiger partial charge in [0.25, 0.3) is 5.91 Å². The Kier molecular flexibility index (Phi) is 6.15. The van der Waals surface area contributed by atoms with Crippen molar-refractivity contribution in [1.82, 2.24) is 4.98 Å². The lowest BCUT2D eigenvalue weighted by Crippen LogP contribution is -2.42. The molecule has 2 rings (SSSR count). The molecule has 0 saturated carbocycles. The van der Waals surface area contributed by atoms with Crippen LogP contribution in [0.4, 0.5) is 5.69 Å². The van der Waals surface area contributed by atoms with Crippen molar-refractivity contribution < 1.29 is 14.3 Å². The van der Waals surface area contributed by atoms with Crippen LogP contribution in [0.1, 0.15) is 40.0 Å². The Morgan fingerprint density at radius 1 is 1.29 bits per heavy atom. The van der Waals surface area contributed by atoms with Gasteiger partial charge in [-0.15, -0.1) is 0 Å². The Balaban J connectivity index is 2.33. The van der Waals surface area contributed by atoms with Crippen LogP contribution in [0.15, 0.2) is 30.5 Å². The molecule has 1 heterocycles. The topological polar surface area (TPSA) is 60.5 Å². The zero-order valence-corrected chi connectivity index (χ0v) is 14.9. The molecule has 5 heteroatoms. The van der Waals surface area contributed by atoms with E-state index in [0.717, 1.165) is 23.7 Å². The summed E-state index contributed by atoms with van der Waals surface area (Å²) in [4.78, 5) is 17.1. The fourth-order valence-corrected chi connectivity index (χ4v) is 2.60. The second kappa shape index (κ2) is 8.11. The summed E-state index contributed by atoms with van der Waals surface area (Å²) >= 11 is 0. The molecule has 24 heavy (non-hydrogen) atoms. The van der Waals surface area contributed by atoms with E-state index in [1.165, 1.54) is 0 Å². The first-order chi connectivity index (χ1) is 11.6. The normalized spacial score (nSPS) is 13.5. The number of carbonyl (C=O) groups excluding carboxylic acids is 1. The van der Waals surface area contributed by atoms with Gasteiger partial charge in [0.15, 0.2) is 0 Å². The lowest BCUT2D eigenvalue weighted by Gasteiger charge is -2.27. The van der Waals surface area contributed by atoms with Crippen LogP contribution >= 0.6 is 0 Å². The van der Waals surface area contributed by atoms with E-state index in [4.69, 9.17) is 9.47 Å². The number of nitrogens with zero attached hydrogens (tertiary/aromatic N) is 1. The number of carbonyl (C=O) groups is 1. The third-order valence-electron chi connectivity index (χ3n) is 4.22. The molecule has 0 aliphatic heterocycles. The zero-order valence-electron chi connectivity index (χ0n) is 14.9. The quantitative estimate of drug-likeness (QED) is 0.789. The molecular weight excluding hydrogens is 304 g/mol. The van der Waals surface area contributed by atoms with E-state index in [1.54, 1.807) is 13.3 Å². The number of nitrogens with one attached hydrogen (secondary N) is 1. The second-order valence-electron chi connectivity index (χ2n) is 5.94. The molecule has 0 bridgehead atoms. The summed E-state index contributed by atoms with van der Waals surface area (Å²) < 4.78 is 11.1. The zero-order chi connectivity index (χ0) is 17.6. The lowest BCUT2D eigenvalue weighted by molar-refractivity contribution is -0.136. The summed E-state index contributed by atoms with van der Waals surface area (Å²) in [6.45, 7) is 6.42. The van der Waals surface area contributed by atoms with Gasteiger partial charge in [-0.3, -0.25) is 9.78 Å². The van der Waals surface area contributed by atoms with Crippen LogP contribution in [-0.4, -0.2) is 30.2 Å². The number of amides is 1. The molecule has 0 fully saturated rings. The van der Waals surface area contributed by atoms with Gasteiger partial charge in [0.1, 0.15) is 16.9 Å². The molecule has 1 atom stereocenters. The molecule has 1 aromatic heterocycles. The number of anilines is 1. The summed E-state index contributed by atoms with van der Waals surface area (Å²) in [6.07, 6.45) is 4.35. The van der Waals surface area contributed by atoms with Crippen LogP contribution in [0, 0.1) is 0 Å². The summed E-state index contributed by atoms with van der Waals surface area (Å²) in [7, 11) is 1.58. The van der Waals surface area contributed by atoms with Crippen molar-refractivity contribution in [3.8, 4) is 5.75 Å². The minimum absolute atomic E-state index is 0.146. The van der Waals surface area contributed by atoms with Gasteiger partial charge in [-0.25, -0.2) is 0 Å². The predicted molar refractivity (Wildman–Crippen MR) is 96.5 cm³/mol. The number of benzene rings is 1. The largest absolute Gasteiger partial charge is 0.492 e. The minimum atomic E-state index is -0.844. The van der Waals surface area contributed by atoms with Gasteiger partial charge < -0.3 is 14.8 Å². The molecule has 130 valence electrons. The number of pyridine rings is 1. The third kappa shape index (κ3) is 3.85. The highest BCUT2D eigenvalue weighted by molar-refractivity contribution is 6.05. The maximum absolute atomic E-state index is 12.7. The van der Waals surface area contributed by atoms with Gasteiger partial charge in [0.2, 0.25) is 0 Å². The Morgan fingerprint density at radius 2 is 2.08 bits per heavy atom. The number of rotatable bonds is 8. The predicted octanol–water partition coefficient (Wildman–Crippen LogP) is 4.17. The average molecular weight is 330 g/mol. The van der Waals surface area contributed by atoms with Gasteiger partial charge in [-0.05, 0) is 44.5 Å². The highest BCUT2D eigenvalue weighted by Crippen LogP contribution is 2.31. The van der Waals surface area contributed by atoms with Crippen molar-refractivity contribution in [3.05, 3.63) is 30.5 Å². The first kappa shape index (κ1) is 18.2. The van der Waals surface area contributed by atoms with Crippen LogP contribution in [0.5, 0.6) is 5.75 Å². The van der Waals surface area contributed by atoms with Gasteiger partial charge >= 0.3 is 0 Å². The van der Waals surface area contributed by atoms with Crippen molar-refractivity contribution >= 4 is 22.5 Å². The maximum atomic E-state index is 12.7. The maximum Gasteiger partial charge on any atom is 0.256 e. The first-order valence-corrected chi connectivity index (χ1v) is 8.42. The van der Waals surface area contributed by atoms with Gasteiger partial charge in [0, 0.05) is 18.7 Å². The standard InChI is InChI=1S/C19H26N2O3/c1-5-7-12-19(3,23-4)18(22)21-15-10-11-16(24-6-2)17-14(15)9-8-13-20-17/h8-11,13H,5-7,12H2,1-4H3,(H,21,22)/t19-/m0/s1. The van der Waals surface area contributed by atoms with Gasteiger partial charge in [-0.2, -0.15) is 0 Å². The number of fused-ring (bicyclic) bond motifs is 1. The van der Waals surface area contributed by atoms with Crippen molar-refractivity contribution in [1.29, 1.82) is 0 Å². The Bertz CT molecular complexity index is 702. The van der Waals surface area contributed by atoms with Gasteiger partial charge in [-0.1, -0.05) is 19.8 Å². The molecule has 1 amide bonds. The van der Waals surface area contributed by atoms with Crippen molar-refractivity contribution in [2.24, 2.45) is 0 Å². The molecule has 0 radical (unpaired) electrons. The number of methoxy groups -OCH3 is 1. The molecule has 1 N–H and O–H groups in total. The summed E-state index contributed by atoms with van der Waals surface area (Å²) in [5.74, 6) is 0.569. The SMILES string of the molecule is CCCC[C@](C)(OC)C(=O)Nc1ccc(OCC)c2ncccc12. The molecular formula is C19H26N2O3. The average Bonchev–Trinajstić information content (AvgIpc) is 2.61. The number of hydrogen-bond donors (Lipinski definition) is 1. The third-order valence-corrected chi connectivity index (χ3v) is 4.22. The van der Waals surface area contributed by atoms with E-state index >= 15 is 0 Å². The van der Waals surface area contributed by atoms with Crippen molar-refractivity contribution in [2.75, 3.05) is 19.0 Å². The molecule has 0 aliphatic carbocycles. The summed E-state index contributed by atoms with van der Waals surface area (Å²) in [5.41, 5.74) is 0.611. The van der Waals surface area contributed by atoms with Crippen LogP contribution < -0.4 is 10.1 Å². The Labute approximate surface area is 143 Å². The van der Waals surface area contributed by atoms with E-state index in [2.05, 4.69) is 17.2 Å². The Hall–Kier alpha value is -2.14. The number of ether oxygens (including phenoxy) is 2. The summed E-state index contributed by atoms with van der Waals surface area (Å²) in [5, 5.41) is 3.85. The summed E-state index contributed by atoms with van der Waals surface area (Å²) in [6, 6.07) is 7.46. The molecule has 0 saturated heterocycles. The van der Waals surface area contributed by atoms with E-state index in [9.17, 15) is 4.79 Å². The molecule has 2 aromatic rings. The van der Waals surface area contributed by atoms with Crippen molar-refractivity contribution in [3.63, 3.8) is 0 Å². The minimum Gasteiger partial charge on any atom is -0.492 e. The first-order valence-electron chi connectivity index (χ1n) is 8.42. The fourth-order valence-electron chi connectivity index (χ4n) is 2.60. The molecule has 0 unspecified atom stereocenters. The molecule has 0 aliphatic rings. The van der Waals surface area contributed by atoms with E-state index in [0.29, 0.717) is 24.5 Å². The van der Waals surface area contributed by atoms with Crippen molar-refractivity contribution in [2.45, 2.75) is 45.6 Å². The van der Waals surface area contributed by atoms with Gasteiger partial charge in [0.05, 0.1) is 12.3 Å². The van der Waals surface area contributed by atoms with Crippen LogP contribution in [0.3, 0.4) is 0 Å². The highest BCUT2D eigenvalue weighted by atomic mass is 16.5. The molecule has 1 aromatic carbocycles. The fraction of sp³-hybridized carbons (Fsp3) is 0.474. The van der Waals surface area contributed by atoms with Crippen LogP contribution in [-0.2, 0) is 9.53 Å². The second-order valence-corrected chi connectivity index (χ2v) is 5.94. The smallest absolute Gasteiger partial charge is 0.256 e. The number of aromatic nitrogens is 1. The Morgan fingerprint density at radius 3 is 2.75 bits per heavy atom. The van der Waals surface area contributed by atoms with E-state index in [-0.39, 0.29) is 5.91 Å².